The third-order valence-corrected chi connectivity index (χ3v) is 8.50. The molecule has 0 bridgehead atoms. The molecule has 0 saturated heterocycles. The summed E-state index contributed by atoms with van der Waals surface area (Å²) in [6, 6.07) is 0. The first-order valence-corrected chi connectivity index (χ1v) is 26.5. The molecule has 462 valence electrons. The van der Waals surface area contributed by atoms with Crippen LogP contribution in [0.2, 0.25) is 0 Å². The molecule has 80 heavy (non-hydrogen) atoms. The van der Waals surface area contributed by atoms with E-state index in [9.17, 15) is 5.11 Å². The van der Waals surface area contributed by atoms with Gasteiger partial charge in [0.15, 0.2) is 17.5 Å². The average Bonchev–Trinajstić information content (AvgIpc) is 4.25. The molecule has 0 aliphatic carbocycles. The maximum absolute atomic E-state index is 9.33. The number of hydrogen-bond acceptors (Lipinski definition) is 25. The van der Waals surface area contributed by atoms with Gasteiger partial charge in [-0.05, 0) is 25.7 Å². The number of aliphatic hydroxyl groups excluding tert-OH is 4. The maximum Gasteiger partial charge on any atom is 0.252 e. The van der Waals surface area contributed by atoms with Crippen molar-refractivity contribution < 1.29 is 165 Å². The summed E-state index contributed by atoms with van der Waals surface area (Å²) in [5, 5.41) is 76.0. The van der Waals surface area contributed by atoms with Crippen molar-refractivity contribution in [3.63, 3.8) is 0 Å². The van der Waals surface area contributed by atoms with E-state index in [4.69, 9.17) is 42.0 Å². The second-order valence-electron chi connectivity index (χ2n) is 19.4. The molecule has 0 aliphatic heterocycles. The number of aromatic nitrogens is 14. The minimum Gasteiger partial charge on any atom is -0.425 e. The van der Waals surface area contributed by atoms with Crippen LogP contribution in [-0.2, 0) is 26.2 Å². The Morgan fingerprint density at radius 3 is 1.07 bits per heavy atom. The quantitative estimate of drug-likeness (QED) is 0.0785. The zero-order valence-electron chi connectivity index (χ0n) is 51.4. The van der Waals surface area contributed by atoms with Crippen LogP contribution >= 0.6 is 0 Å². The smallest absolute Gasteiger partial charge is 0.252 e. The molecule has 1 atom stereocenters. The molecular formula is C52H94Ar3N14O11. The maximum atomic E-state index is 9.33. The third-order valence-electron chi connectivity index (χ3n) is 8.50. The van der Waals surface area contributed by atoms with Crippen molar-refractivity contribution in [2.75, 3.05) is 0 Å². The Kier molecular flexibility index (Phi) is 54.0. The van der Waals surface area contributed by atoms with Gasteiger partial charge in [0.2, 0.25) is 58.9 Å². The van der Waals surface area contributed by atoms with Gasteiger partial charge in [-0.1, -0.05) is 161 Å². The Balaban J connectivity index is -0.000000268. The fourth-order valence-electron chi connectivity index (χ4n) is 4.39. The van der Waals surface area contributed by atoms with Crippen molar-refractivity contribution >= 4 is 0 Å². The Morgan fingerprint density at radius 2 is 0.800 bits per heavy atom. The van der Waals surface area contributed by atoms with E-state index in [-0.39, 0.29) is 168 Å². The van der Waals surface area contributed by atoms with Crippen LogP contribution in [0.1, 0.15) is 288 Å². The Morgan fingerprint density at radius 1 is 0.400 bits per heavy atom. The van der Waals surface area contributed by atoms with E-state index in [1.54, 1.807) is 6.92 Å². The third kappa shape index (κ3) is 39.2. The van der Waals surface area contributed by atoms with E-state index in [1.165, 1.54) is 0 Å². The largest absolute Gasteiger partial charge is 0.425 e. The summed E-state index contributed by atoms with van der Waals surface area (Å²) in [5.74, 6) is 10.7. The first-order valence-electron chi connectivity index (χ1n) is 26.5. The van der Waals surface area contributed by atoms with Crippen molar-refractivity contribution in [1.29, 1.82) is 0 Å². The molecule has 25 nitrogen and oxygen atoms in total. The standard InChI is InChI=1S/C8H14N2O2.C8H14N2O.3C6H10N2O2.2C6H10N2O.C4H10.C2H6.3Ar/c1-4-6(11)8-10-9-7(12-8)5(2)3;1-4-5-7-9-10-8(11-7)6(2)3;1-4(2)6-8-7-5(3-9)10-6;1-4(2)6-7-5(3-9)10-8-6;1-4(2)6-7-5(3-9)8-10-6;1-4(2)6-8-7-5(3)9-6;1-4(2)6-7-5(3)8-9-6;1-4(2)3;1-2;;;/h5-6,11H,4H2,1-3H3;6H,4-5H2,1-3H3;3*4,9H,3H2,1-2H3;2*4H,1-3H3;4H,1-3H3;1-2H3;;;. The number of rotatable bonds is 14. The number of aryl methyl sites for hydroxylation is 3. The van der Waals surface area contributed by atoms with Gasteiger partial charge in [0, 0.05) is 168 Å². The molecular weight excluding hydrogens is 1120 g/mol. The van der Waals surface area contributed by atoms with Gasteiger partial charge in [-0.2, -0.15) is 15.0 Å². The molecule has 0 spiro atoms. The predicted octanol–water partition coefficient (Wildman–Crippen LogP) is 11.5. The normalized spacial score (nSPS) is 10.5. The number of hydrogen-bond donors (Lipinski definition) is 4. The number of nitrogens with zero attached hydrogens (tertiary/aromatic N) is 14. The molecule has 4 N–H and O–H groups in total. The van der Waals surface area contributed by atoms with E-state index >= 15 is 0 Å². The van der Waals surface area contributed by atoms with Crippen molar-refractivity contribution in [3.05, 3.63) is 82.3 Å². The topological polar surface area (TPSA) is 353 Å². The Hall–Kier alpha value is -2.40. The van der Waals surface area contributed by atoms with Gasteiger partial charge in [-0.25, -0.2) is 0 Å². The van der Waals surface area contributed by atoms with Crippen molar-refractivity contribution in [1.82, 2.24) is 71.2 Å². The fourth-order valence-corrected chi connectivity index (χ4v) is 4.39. The zero-order valence-corrected chi connectivity index (χ0v) is 53.5. The van der Waals surface area contributed by atoms with Gasteiger partial charge < -0.3 is 51.7 Å². The van der Waals surface area contributed by atoms with Crippen LogP contribution in [-0.4, -0.2) is 91.6 Å². The van der Waals surface area contributed by atoms with Gasteiger partial charge in [0.25, 0.3) is 5.89 Å². The van der Waals surface area contributed by atoms with Gasteiger partial charge in [0.05, 0.1) is 0 Å². The second kappa shape index (κ2) is 50.0. The second-order valence-corrected chi connectivity index (χ2v) is 19.4. The Labute approximate surface area is 564 Å². The van der Waals surface area contributed by atoms with Crippen LogP contribution in [0.15, 0.2) is 31.2 Å². The molecule has 0 aliphatic rings. The first-order chi connectivity index (χ1) is 36.2. The van der Waals surface area contributed by atoms with E-state index in [2.05, 4.69) is 103 Å². The molecule has 0 saturated carbocycles. The van der Waals surface area contributed by atoms with Gasteiger partial charge in [-0.3, -0.25) is 0 Å². The van der Waals surface area contributed by atoms with Crippen molar-refractivity contribution in [2.24, 2.45) is 5.92 Å². The summed E-state index contributed by atoms with van der Waals surface area (Å²) in [4.78, 5) is 11.8. The SMILES string of the molecule is CC.CC(C)C.CC(C)c1nc(CO)no1.CC(C)c1nnc(CO)o1.CC(C)c1noc(CO)n1.CCC(O)c1nnc(C(C)C)o1.CCCc1nnc(C(C)C)o1.Cc1nnc(C(C)C)o1.Cc1noc(C(C)C)n1.[Ar].[Ar].[Ar]. The molecule has 1 unspecified atom stereocenters. The van der Waals surface area contributed by atoms with E-state index in [0.29, 0.717) is 82.9 Å². The van der Waals surface area contributed by atoms with Crippen LogP contribution < -0.4 is 0 Å². The fraction of sp³-hybridized carbons (Fsp3) is 0.731. The molecule has 0 amide bonds. The van der Waals surface area contributed by atoms with Crippen LogP contribution in [0.3, 0.4) is 0 Å². The minimum atomic E-state index is -0.620. The van der Waals surface area contributed by atoms with Crippen LogP contribution in [0, 0.1) is 133 Å². The summed E-state index contributed by atoms with van der Waals surface area (Å²) in [6.07, 6.45) is 1.92. The van der Waals surface area contributed by atoms with Gasteiger partial charge >= 0.3 is 0 Å². The molecule has 7 aromatic heterocycles. The van der Waals surface area contributed by atoms with Gasteiger partial charge in [0.1, 0.15) is 25.9 Å². The molecule has 28 heteroatoms. The zero-order chi connectivity index (χ0) is 59.4. The predicted molar refractivity (Wildman–Crippen MR) is 287 cm³/mol. The monoisotopic (exact) mass is 1210 g/mol. The van der Waals surface area contributed by atoms with Crippen molar-refractivity contribution in [2.45, 2.75) is 246 Å². The van der Waals surface area contributed by atoms with Crippen LogP contribution in [0.5, 0.6) is 0 Å². The Bertz CT molecular complexity index is 2310. The summed E-state index contributed by atoms with van der Waals surface area (Å²) < 4.78 is 35.1. The molecule has 7 aromatic rings. The van der Waals surface area contributed by atoms with E-state index in [1.807, 2.05) is 125 Å². The molecule has 0 fully saturated rings. The summed E-state index contributed by atoms with van der Waals surface area (Å²) in [7, 11) is 0. The van der Waals surface area contributed by atoms with Gasteiger partial charge in [-0.15, -0.1) is 40.8 Å². The average molecular weight is 1210 g/mol. The van der Waals surface area contributed by atoms with Crippen LogP contribution in [0.25, 0.3) is 0 Å². The van der Waals surface area contributed by atoms with E-state index in [0.717, 1.165) is 30.5 Å². The summed E-state index contributed by atoms with van der Waals surface area (Å²) >= 11 is 0. The molecule has 0 aromatic carbocycles. The number of aliphatic hydroxyl groups is 4. The first kappa shape index (κ1) is 86.4. The summed E-state index contributed by atoms with van der Waals surface area (Å²) in [5.41, 5.74) is 0. The minimum absolute atomic E-state index is 0. The van der Waals surface area contributed by atoms with Crippen LogP contribution in [0.4, 0.5) is 0 Å². The van der Waals surface area contributed by atoms with Crippen molar-refractivity contribution in [3.8, 4) is 0 Å². The molecule has 7 rings (SSSR count). The molecule has 0 radical (unpaired) electrons. The molecule has 7 heterocycles. The van der Waals surface area contributed by atoms with E-state index < -0.39 is 6.10 Å². The summed E-state index contributed by atoms with van der Waals surface area (Å²) in [6.45, 7) is 45.4.